The number of carbonyl (C=O) groups excluding carboxylic acids is 1. The van der Waals surface area contributed by atoms with Crippen LogP contribution in [-0.4, -0.2) is 41.2 Å². The highest BCUT2D eigenvalue weighted by molar-refractivity contribution is 6.21. The van der Waals surface area contributed by atoms with Crippen molar-refractivity contribution in [1.82, 2.24) is 9.74 Å². The molecule has 5 heteroatoms. The summed E-state index contributed by atoms with van der Waals surface area (Å²) in [5.74, 6) is 0.529. The van der Waals surface area contributed by atoms with Crippen LogP contribution in [0.15, 0.2) is 0 Å². The minimum atomic E-state index is 0.0480. The summed E-state index contributed by atoms with van der Waals surface area (Å²) in [4.78, 5) is 12.3. The van der Waals surface area contributed by atoms with Crippen LogP contribution < -0.4 is 5.32 Å². The summed E-state index contributed by atoms with van der Waals surface area (Å²) in [6.45, 7) is 2.03. The fourth-order valence-electron chi connectivity index (χ4n) is 2.97. The first-order valence-corrected chi connectivity index (χ1v) is 7.36. The Hall–Kier alpha value is -0.320. The maximum atomic E-state index is 12.3. The highest BCUT2D eigenvalue weighted by Gasteiger charge is 2.32. The molecule has 0 aromatic rings. The van der Waals surface area contributed by atoms with E-state index < -0.39 is 0 Å². The molecule has 2 fully saturated rings. The fraction of sp³-hybridized carbons (Fsp3) is 0.923. The molecule has 2 rings (SSSR count). The molecule has 1 aliphatic heterocycles. The minimum Gasteiger partial charge on any atom is -0.396 e. The molecule has 1 atom stereocenters. The topological polar surface area (TPSA) is 52.6 Å². The zero-order valence-corrected chi connectivity index (χ0v) is 11.5. The van der Waals surface area contributed by atoms with Crippen molar-refractivity contribution in [1.29, 1.82) is 0 Å². The number of rotatable bonds is 3. The molecule has 1 saturated carbocycles. The van der Waals surface area contributed by atoms with E-state index in [-0.39, 0.29) is 24.5 Å². The van der Waals surface area contributed by atoms with Crippen LogP contribution in [0, 0.1) is 11.8 Å². The second kappa shape index (κ2) is 6.73. The number of amides is 1. The molecule has 1 aliphatic carbocycles. The van der Waals surface area contributed by atoms with Gasteiger partial charge in [0, 0.05) is 31.0 Å². The van der Waals surface area contributed by atoms with E-state index in [1.807, 2.05) is 0 Å². The lowest BCUT2D eigenvalue weighted by molar-refractivity contribution is -0.133. The van der Waals surface area contributed by atoms with E-state index in [1.54, 1.807) is 0 Å². The molecule has 0 aromatic carbocycles. The number of piperidine rings is 1. The molecular weight excluding hydrogens is 252 g/mol. The number of hydrogen-bond acceptors (Lipinski definition) is 3. The van der Waals surface area contributed by atoms with E-state index in [9.17, 15) is 4.79 Å². The number of aliphatic hydroxyl groups is 1. The molecule has 0 spiro atoms. The maximum absolute atomic E-state index is 12.3. The quantitative estimate of drug-likeness (QED) is 0.768. The molecule has 2 N–H and O–H groups in total. The van der Waals surface area contributed by atoms with Gasteiger partial charge in [-0.1, -0.05) is 0 Å². The zero-order chi connectivity index (χ0) is 13.0. The Morgan fingerprint density at radius 3 is 2.56 bits per heavy atom. The minimum absolute atomic E-state index is 0.0480. The van der Waals surface area contributed by atoms with Crippen LogP contribution in [0.3, 0.4) is 0 Å². The SMILES string of the molecule is O=C([C@H]1CCCNC1)N(Cl)C1CCC(CO)CC1. The van der Waals surface area contributed by atoms with Crippen LogP contribution in [0.4, 0.5) is 0 Å². The van der Waals surface area contributed by atoms with Crippen molar-refractivity contribution in [2.24, 2.45) is 11.8 Å². The van der Waals surface area contributed by atoms with Crippen molar-refractivity contribution >= 4 is 17.7 Å². The van der Waals surface area contributed by atoms with E-state index in [4.69, 9.17) is 16.9 Å². The summed E-state index contributed by atoms with van der Waals surface area (Å²) in [7, 11) is 0. The molecule has 4 nitrogen and oxygen atoms in total. The van der Waals surface area contributed by atoms with E-state index in [0.29, 0.717) is 5.92 Å². The maximum Gasteiger partial charge on any atom is 0.241 e. The summed E-state index contributed by atoms with van der Waals surface area (Å²) in [5, 5.41) is 12.4. The van der Waals surface area contributed by atoms with Gasteiger partial charge in [-0.15, -0.1) is 0 Å². The molecule has 1 saturated heterocycles. The summed E-state index contributed by atoms with van der Waals surface area (Å²) >= 11 is 6.23. The molecule has 104 valence electrons. The van der Waals surface area contributed by atoms with Gasteiger partial charge in [0.05, 0.1) is 5.92 Å². The van der Waals surface area contributed by atoms with Gasteiger partial charge in [0.15, 0.2) is 0 Å². The van der Waals surface area contributed by atoms with Gasteiger partial charge in [0.1, 0.15) is 0 Å². The molecule has 0 aromatic heterocycles. The third kappa shape index (κ3) is 3.37. The fourth-order valence-corrected chi connectivity index (χ4v) is 3.30. The average molecular weight is 275 g/mol. The first-order chi connectivity index (χ1) is 8.72. The lowest BCUT2D eigenvalue weighted by Crippen LogP contribution is -2.44. The molecule has 18 heavy (non-hydrogen) atoms. The third-order valence-corrected chi connectivity index (χ3v) is 4.69. The van der Waals surface area contributed by atoms with Crippen molar-refractivity contribution in [2.75, 3.05) is 19.7 Å². The molecule has 0 bridgehead atoms. The number of carbonyl (C=O) groups is 1. The van der Waals surface area contributed by atoms with Gasteiger partial charge in [0.2, 0.25) is 5.91 Å². The predicted octanol–water partition coefficient (Wildman–Crippen LogP) is 1.52. The summed E-state index contributed by atoms with van der Waals surface area (Å²) in [6.07, 6.45) is 5.78. The summed E-state index contributed by atoms with van der Waals surface area (Å²) < 4.78 is 1.45. The Labute approximate surface area is 114 Å². The number of nitrogens with zero attached hydrogens (tertiary/aromatic N) is 1. The molecular formula is C13H23ClN2O2. The Kier molecular flexibility index (Phi) is 5.27. The lowest BCUT2D eigenvalue weighted by Gasteiger charge is -2.34. The first kappa shape index (κ1) is 14.1. The van der Waals surface area contributed by atoms with E-state index >= 15 is 0 Å². The second-order valence-corrected chi connectivity index (χ2v) is 5.91. The highest BCUT2D eigenvalue weighted by atomic mass is 35.5. The molecule has 2 aliphatic rings. The predicted molar refractivity (Wildman–Crippen MR) is 71.1 cm³/mol. The molecule has 1 heterocycles. The highest BCUT2D eigenvalue weighted by Crippen LogP contribution is 2.29. The van der Waals surface area contributed by atoms with Crippen molar-refractivity contribution < 1.29 is 9.90 Å². The van der Waals surface area contributed by atoms with Gasteiger partial charge in [-0.25, -0.2) is 0 Å². The van der Waals surface area contributed by atoms with Crippen molar-refractivity contribution in [3.8, 4) is 0 Å². The van der Waals surface area contributed by atoms with Crippen LogP contribution in [0.25, 0.3) is 0 Å². The average Bonchev–Trinajstić information content (AvgIpc) is 2.47. The van der Waals surface area contributed by atoms with E-state index in [0.717, 1.165) is 51.6 Å². The number of halogens is 1. The molecule has 0 unspecified atom stereocenters. The molecule has 0 radical (unpaired) electrons. The van der Waals surface area contributed by atoms with Crippen molar-refractivity contribution in [3.05, 3.63) is 0 Å². The van der Waals surface area contributed by atoms with Crippen LogP contribution in [0.2, 0.25) is 0 Å². The normalized spacial score (nSPS) is 33.1. The Balaban J connectivity index is 1.83. The number of aliphatic hydroxyl groups excluding tert-OH is 1. The lowest BCUT2D eigenvalue weighted by atomic mass is 9.86. The zero-order valence-electron chi connectivity index (χ0n) is 10.8. The summed E-state index contributed by atoms with van der Waals surface area (Å²) in [5.41, 5.74) is 0. The largest absolute Gasteiger partial charge is 0.396 e. The third-order valence-electron chi connectivity index (χ3n) is 4.25. The Morgan fingerprint density at radius 1 is 1.28 bits per heavy atom. The standard InChI is InChI=1S/C13H23ClN2O2/c14-16(12-5-3-10(9-17)4-6-12)13(18)11-2-1-7-15-8-11/h10-12,15,17H,1-9H2/t10?,11-,12?/m0/s1. The van der Waals surface area contributed by atoms with Crippen LogP contribution >= 0.6 is 11.8 Å². The van der Waals surface area contributed by atoms with Crippen molar-refractivity contribution in [3.63, 3.8) is 0 Å². The smallest absolute Gasteiger partial charge is 0.241 e. The van der Waals surface area contributed by atoms with Crippen LogP contribution in [-0.2, 0) is 4.79 Å². The van der Waals surface area contributed by atoms with Gasteiger partial charge in [-0.2, -0.15) is 0 Å². The first-order valence-electron chi connectivity index (χ1n) is 7.02. The summed E-state index contributed by atoms with van der Waals surface area (Å²) in [6, 6.07) is 0.156. The monoisotopic (exact) mass is 274 g/mol. The van der Waals surface area contributed by atoms with Gasteiger partial charge in [-0.05, 0) is 51.0 Å². The molecule has 1 amide bonds. The van der Waals surface area contributed by atoms with E-state index in [1.165, 1.54) is 4.42 Å². The Bertz CT molecular complexity index is 274. The number of nitrogens with one attached hydrogen (secondary N) is 1. The van der Waals surface area contributed by atoms with Crippen LogP contribution in [0.5, 0.6) is 0 Å². The van der Waals surface area contributed by atoms with Gasteiger partial charge in [-0.3, -0.25) is 9.21 Å². The van der Waals surface area contributed by atoms with Gasteiger partial charge >= 0.3 is 0 Å². The Morgan fingerprint density at radius 2 is 2.00 bits per heavy atom. The van der Waals surface area contributed by atoms with Gasteiger partial charge in [0.25, 0.3) is 0 Å². The number of hydrogen-bond donors (Lipinski definition) is 2. The second-order valence-electron chi connectivity index (χ2n) is 5.55. The van der Waals surface area contributed by atoms with Crippen molar-refractivity contribution in [2.45, 2.75) is 44.6 Å². The van der Waals surface area contributed by atoms with Crippen LogP contribution in [0.1, 0.15) is 38.5 Å². The van der Waals surface area contributed by atoms with Gasteiger partial charge < -0.3 is 10.4 Å². The van der Waals surface area contributed by atoms with E-state index in [2.05, 4.69) is 5.32 Å².